The van der Waals surface area contributed by atoms with Gasteiger partial charge in [0.15, 0.2) is 0 Å². The summed E-state index contributed by atoms with van der Waals surface area (Å²) in [5.74, 6) is 0.887. The third kappa shape index (κ3) is 38.3. The van der Waals surface area contributed by atoms with Crippen LogP contribution in [0.2, 0.25) is 0 Å². The zero-order chi connectivity index (χ0) is 44.1. The van der Waals surface area contributed by atoms with Crippen LogP contribution >= 0.6 is 0 Å². The monoisotopic (exact) mass is 858 g/mol. The van der Waals surface area contributed by atoms with Crippen molar-refractivity contribution in [2.24, 2.45) is 11.8 Å². The van der Waals surface area contributed by atoms with Crippen molar-refractivity contribution in [1.29, 1.82) is 0 Å². The lowest BCUT2D eigenvalue weighted by Gasteiger charge is -2.22. The summed E-state index contributed by atoms with van der Waals surface area (Å²) in [4.78, 5) is 32.7. The van der Waals surface area contributed by atoms with E-state index in [-0.39, 0.29) is 11.9 Å². The molecule has 61 heavy (non-hydrogen) atoms. The number of ether oxygens (including phenoxy) is 2. The summed E-state index contributed by atoms with van der Waals surface area (Å²) < 4.78 is 14.1. The molecule has 1 aromatic rings. The number of unbranched alkanes of at least 4 members (excludes halogenated alkanes) is 24. The summed E-state index contributed by atoms with van der Waals surface area (Å²) in [5.41, 5.74) is 0. The summed E-state index contributed by atoms with van der Waals surface area (Å²) in [5, 5.41) is 0. The van der Waals surface area contributed by atoms with E-state index in [1.54, 1.807) is 0 Å². The highest BCUT2D eigenvalue weighted by Gasteiger charge is 2.16. The Labute approximate surface area is 379 Å². The molecule has 2 unspecified atom stereocenters. The number of hydrogen-bond acceptors (Lipinski definition) is 6. The highest BCUT2D eigenvalue weighted by molar-refractivity contribution is 5.69. The maximum Gasteiger partial charge on any atom is 0.305 e. The predicted octanol–water partition coefficient (Wildman–Crippen LogP) is 16.0. The highest BCUT2D eigenvalue weighted by Crippen LogP contribution is 2.22. The number of esters is 2. The fourth-order valence-corrected chi connectivity index (χ4v) is 8.87. The molecule has 0 radical (unpaired) electrons. The highest BCUT2D eigenvalue weighted by atomic mass is 16.5. The second-order valence-electron chi connectivity index (χ2n) is 18.9. The van der Waals surface area contributed by atoms with E-state index in [1.165, 1.54) is 205 Å². The molecule has 0 aliphatic heterocycles. The number of imidazole rings is 1. The molecule has 0 saturated heterocycles. The first-order valence-corrected chi connectivity index (χ1v) is 27.0. The smallest absolute Gasteiger partial charge is 0.305 e. The molecule has 0 aromatic carbocycles. The van der Waals surface area contributed by atoms with Crippen LogP contribution in [0, 0.1) is 11.8 Å². The molecular weight excluding hydrogens is 755 g/mol. The molecule has 0 amide bonds. The molecule has 1 rings (SSSR count). The summed E-state index contributed by atoms with van der Waals surface area (Å²) in [6.45, 7) is 13.8. The first-order valence-electron chi connectivity index (χ1n) is 27.0. The van der Waals surface area contributed by atoms with Gasteiger partial charge in [0.05, 0.1) is 19.5 Å². The lowest BCUT2D eigenvalue weighted by molar-refractivity contribution is -0.146. The number of aryl methyl sites for hydroxylation is 1. The number of carbonyl (C=O) groups excluding carboxylic acids is 2. The Morgan fingerprint density at radius 2 is 0.787 bits per heavy atom. The Hall–Kier alpha value is -1.89. The van der Waals surface area contributed by atoms with Crippen molar-refractivity contribution in [3.05, 3.63) is 18.7 Å². The van der Waals surface area contributed by atoms with Crippen molar-refractivity contribution in [3.63, 3.8) is 0 Å². The molecule has 1 aromatic heterocycles. The van der Waals surface area contributed by atoms with Gasteiger partial charge in [0.2, 0.25) is 0 Å². The van der Waals surface area contributed by atoms with Gasteiger partial charge in [0.25, 0.3) is 0 Å². The third-order valence-corrected chi connectivity index (χ3v) is 13.0. The van der Waals surface area contributed by atoms with Crippen molar-refractivity contribution in [2.45, 2.75) is 272 Å². The maximum atomic E-state index is 13.0. The molecule has 0 aliphatic rings. The average molecular weight is 858 g/mol. The Kier molecular flexibility index (Phi) is 41.9. The van der Waals surface area contributed by atoms with Gasteiger partial charge in [-0.05, 0) is 76.4 Å². The van der Waals surface area contributed by atoms with Crippen LogP contribution in [0.4, 0.5) is 0 Å². The molecule has 7 nitrogen and oxygen atoms in total. The Bertz CT molecular complexity index is 987. The molecule has 0 N–H and O–H groups in total. The van der Waals surface area contributed by atoms with Crippen molar-refractivity contribution in [3.8, 4) is 0 Å². The summed E-state index contributed by atoms with van der Waals surface area (Å²) in [6, 6.07) is 0. The van der Waals surface area contributed by atoms with Crippen molar-refractivity contribution < 1.29 is 19.1 Å². The van der Waals surface area contributed by atoms with Crippen LogP contribution < -0.4 is 0 Å². The normalized spacial score (nSPS) is 12.6. The fraction of sp³-hybridized carbons (Fsp3) is 0.907. The standard InChI is InChI=1S/C54H103N3O4/c1-5-9-13-17-21-23-27-31-38-51(36-29-25-19-15-11-7-3)48-60-53(58)40-33-43-56(45-35-46-57-47-42-55-50-57)44-34-41-54(59)61-49-52(37-30-26-20-16-12-8-4)39-32-28-24-22-18-14-10-6-2/h42,47,50-52H,5-41,43-46,48-49H2,1-4H3. The van der Waals surface area contributed by atoms with Gasteiger partial charge in [-0.3, -0.25) is 9.59 Å². The zero-order valence-electron chi connectivity index (χ0n) is 41.3. The second kappa shape index (κ2) is 44.7. The quantitative estimate of drug-likeness (QED) is 0.0480. The van der Waals surface area contributed by atoms with E-state index in [2.05, 4.69) is 42.1 Å². The van der Waals surface area contributed by atoms with Crippen molar-refractivity contribution >= 4 is 11.9 Å². The number of nitrogens with zero attached hydrogens (tertiary/aromatic N) is 3. The number of rotatable bonds is 48. The number of carbonyl (C=O) groups is 2. The minimum Gasteiger partial charge on any atom is -0.465 e. The minimum absolute atomic E-state index is 0.0479. The van der Waals surface area contributed by atoms with E-state index in [9.17, 15) is 9.59 Å². The van der Waals surface area contributed by atoms with E-state index < -0.39 is 0 Å². The van der Waals surface area contributed by atoms with Crippen LogP contribution in [0.25, 0.3) is 0 Å². The molecule has 1 heterocycles. The van der Waals surface area contributed by atoms with Crippen LogP contribution in [0.5, 0.6) is 0 Å². The van der Waals surface area contributed by atoms with Gasteiger partial charge in [0, 0.05) is 31.8 Å². The van der Waals surface area contributed by atoms with Gasteiger partial charge in [-0.1, -0.05) is 207 Å². The number of hydrogen-bond donors (Lipinski definition) is 0. The van der Waals surface area contributed by atoms with Crippen LogP contribution in [0.3, 0.4) is 0 Å². The summed E-state index contributed by atoms with van der Waals surface area (Å²) >= 11 is 0. The van der Waals surface area contributed by atoms with E-state index in [1.807, 2.05) is 18.7 Å². The van der Waals surface area contributed by atoms with Gasteiger partial charge in [-0.25, -0.2) is 4.98 Å². The molecular formula is C54H103N3O4. The Balaban J connectivity index is 2.56. The van der Waals surface area contributed by atoms with Gasteiger partial charge in [-0.2, -0.15) is 0 Å². The fourth-order valence-electron chi connectivity index (χ4n) is 8.87. The van der Waals surface area contributed by atoms with Gasteiger partial charge in [-0.15, -0.1) is 0 Å². The molecule has 0 fully saturated rings. The molecule has 0 spiro atoms. The Morgan fingerprint density at radius 3 is 1.11 bits per heavy atom. The second-order valence-corrected chi connectivity index (χ2v) is 18.9. The van der Waals surface area contributed by atoms with Crippen LogP contribution in [0.15, 0.2) is 18.7 Å². The van der Waals surface area contributed by atoms with E-state index >= 15 is 0 Å². The molecule has 0 bridgehead atoms. The van der Waals surface area contributed by atoms with Crippen LogP contribution in [-0.2, 0) is 25.6 Å². The van der Waals surface area contributed by atoms with Crippen molar-refractivity contribution in [1.82, 2.24) is 14.5 Å². The minimum atomic E-state index is -0.0479. The Morgan fingerprint density at radius 1 is 0.459 bits per heavy atom. The largest absolute Gasteiger partial charge is 0.465 e. The molecule has 0 saturated carbocycles. The van der Waals surface area contributed by atoms with Gasteiger partial charge >= 0.3 is 11.9 Å². The zero-order valence-corrected chi connectivity index (χ0v) is 41.3. The van der Waals surface area contributed by atoms with E-state index in [0.29, 0.717) is 37.9 Å². The van der Waals surface area contributed by atoms with Crippen LogP contribution in [-0.4, -0.2) is 59.2 Å². The topological polar surface area (TPSA) is 73.7 Å². The SMILES string of the molecule is CCCCCCCCCCC(CCCCCCCC)COC(=O)CCCN(CCCC(=O)OCC(CCCCCCCC)CCCCCCCCCC)CCCn1ccnc1. The number of aromatic nitrogens is 2. The summed E-state index contributed by atoms with van der Waals surface area (Å²) in [7, 11) is 0. The predicted molar refractivity (Wildman–Crippen MR) is 261 cm³/mol. The van der Waals surface area contributed by atoms with Crippen LogP contribution in [0.1, 0.15) is 265 Å². The van der Waals surface area contributed by atoms with Gasteiger partial charge in [0.1, 0.15) is 0 Å². The molecule has 2 atom stereocenters. The van der Waals surface area contributed by atoms with E-state index in [0.717, 1.165) is 45.4 Å². The average Bonchev–Trinajstić information content (AvgIpc) is 3.79. The molecule has 0 aliphatic carbocycles. The first kappa shape index (κ1) is 57.1. The summed E-state index contributed by atoms with van der Waals surface area (Å²) in [6.07, 6.45) is 51.0. The maximum absolute atomic E-state index is 13.0. The first-order chi connectivity index (χ1) is 30.0. The van der Waals surface area contributed by atoms with Crippen molar-refractivity contribution in [2.75, 3.05) is 32.8 Å². The molecule has 7 heteroatoms. The van der Waals surface area contributed by atoms with E-state index in [4.69, 9.17) is 9.47 Å². The molecule has 358 valence electrons. The lowest BCUT2D eigenvalue weighted by Crippen LogP contribution is -2.29. The third-order valence-electron chi connectivity index (χ3n) is 13.0. The lowest BCUT2D eigenvalue weighted by atomic mass is 9.94. The van der Waals surface area contributed by atoms with Gasteiger partial charge < -0.3 is 18.9 Å².